The molecule has 17 heavy (non-hydrogen) atoms. The van der Waals surface area contributed by atoms with Crippen LogP contribution in [0.25, 0.3) is 0 Å². The fourth-order valence-corrected chi connectivity index (χ4v) is 1.64. The van der Waals surface area contributed by atoms with Crippen molar-refractivity contribution in [3.8, 4) is 0 Å². The number of nitrogens with two attached hydrogens (primary N) is 1. The maximum absolute atomic E-state index is 11.8. The molecule has 0 aliphatic carbocycles. The van der Waals surface area contributed by atoms with Crippen molar-refractivity contribution in [3.63, 3.8) is 0 Å². The summed E-state index contributed by atoms with van der Waals surface area (Å²) in [7, 11) is 0. The summed E-state index contributed by atoms with van der Waals surface area (Å²) in [6, 6.07) is 3.35. The number of carbonyl (C=O) groups excluding carboxylic acids is 1. The Morgan fingerprint density at radius 3 is 2.76 bits per heavy atom. The third-order valence-electron chi connectivity index (χ3n) is 2.48. The Labute approximate surface area is 103 Å². The average Bonchev–Trinajstić information content (AvgIpc) is 2.22. The highest BCUT2D eigenvalue weighted by Crippen LogP contribution is 2.07. The molecule has 1 heterocycles. The maximum atomic E-state index is 11.8. The second-order valence-electron chi connectivity index (χ2n) is 4.71. The molecule has 3 N–H and O–H groups in total. The van der Waals surface area contributed by atoms with E-state index in [0.29, 0.717) is 23.8 Å². The van der Waals surface area contributed by atoms with E-state index in [9.17, 15) is 4.79 Å². The van der Waals surface area contributed by atoms with E-state index in [1.165, 1.54) is 0 Å². The maximum Gasteiger partial charge on any atom is 0.251 e. The molecular weight excluding hydrogens is 214 g/mol. The van der Waals surface area contributed by atoms with Crippen LogP contribution >= 0.6 is 0 Å². The Balaban J connectivity index is 2.47. The van der Waals surface area contributed by atoms with Gasteiger partial charge < -0.3 is 11.1 Å². The third kappa shape index (κ3) is 4.85. The smallest absolute Gasteiger partial charge is 0.251 e. The molecule has 0 aromatic carbocycles. The van der Waals surface area contributed by atoms with E-state index >= 15 is 0 Å². The number of carbonyl (C=O) groups is 1. The van der Waals surface area contributed by atoms with Gasteiger partial charge in [0.05, 0.1) is 0 Å². The van der Waals surface area contributed by atoms with Crippen molar-refractivity contribution in [2.75, 3.05) is 12.3 Å². The van der Waals surface area contributed by atoms with Crippen LogP contribution in [0.3, 0.4) is 0 Å². The minimum atomic E-state index is -0.0778. The van der Waals surface area contributed by atoms with Gasteiger partial charge in [0.15, 0.2) is 0 Å². The molecular formula is C13H21N3O. The first-order chi connectivity index (χ1) is 7.99. The molecule has 0 saturated heterocycles. The van der Waals surface area contributed by atoms with Gasteiger partial charge in [0.1, 0.15) is 5.82 Å². The predicted molar refractivity (Wildman–Crippen MR) is 69.8 cm³/mol. The number of hydrogen-bond acceptors (Lipinski definition) is 3. The second-order valence-corrected chi connectivity index (χ2v) is 4.71. The Bertz CT molecular complexity index is 368. The normalized spacial score (nSPS) is 10.6. The van der Waals surface area contributed by atoms with E-state index in [4.69, 9.17) is 5.73 Å². The number of nitrogen functional groups attached to an aromatic ring is 1. The van der Waals surface area contributed by atoms with Crippen LogP contribution in [0.5, 0.6) is 0 Å². The fraction of sp³-hybridized carbons (Fsp3) is 0.538. The number of nitrogens with zero attached hydrogens (tertiary/aromatic N) is 1. The van der Waals surface area contributed by atoms with Crippen molar-refractivity contribution in [1.82, 2.24) is 10.3 Å². The molecule has 0 radical (unpaired) electrons. The summed E-state index contributed by atoms with van der Waals surface area (Å²) in [6.45, 7) is 6.88. The summed E-state index contributed by atoms with van der Waals surface area (Å²) in [5.74, 6) is 0.981. The Hall–Kier alpha value is -1.58. The molecule has 0 aliphatic rings. The van der Waals surface area contributed by atoms with E-state index in [0.717, 1.165) is 18.5 Å². The van der Waals surface area contributed by atoms with Gasteiger partial charge in [-0.2, -0.15) is 0 Å². The van der Waals surface area contributed by atoms with Crippen molar-refractivity contribution in [2.24, 2.45) is 5.92 Å². The molecule has 1 aromatic rings. The van der Waals surface area contributed by atoms with Gasteiger partial charge in [0.25, 0.3) is 5.91 Å². The van der Waals surface area contributed by atoms with Crippen LogP contribution in [-0.2, 0) is 0 Å². The molecule has 0 aliphatic heterocycles. The lowest BCUT2D eigenvalue weighted by atomic mass is 10.1. The number of hydrogen-bond donors (Lipinski definition) is 2. The van der Waals surface area contributed by atoms with Gasteiger partial charge in [-0.25, -0.2) is 4.98 Å². The summed E-state index contributed by atoms with van der Waals surface area (Å²) in [5.41, 5.74) is 6.95. The largest absolute Gasteiger partial charge is 0.384 e. The van der Waals surface area contributed by atoms with Gasteiger partial charge in [-0.05, 0) is 37.8 Å². The fourth-order valence-electron chi connectivity index (χ4n) is 1.64. The quantitative estimate of drug-likeness (QED) is 0.768. The molecule has 4 nitrogen and oxygen atoms in total. The zero-order valence-corrected chi connectivity index (χ0v) is 10.8. The first-order valence-corrected chi connectivity index (χ1v) is 6.01. The lowest BCUT2D eigenvalue weighted by Gasteiger charge is -2.07. The van der Waals surface area contributed by atoms with Crippen LogP contribution in [-0.4, -0.2) is 17.4 Å². The molecule has 1 rings (SSSR count). The third-order valence-corrected chi connectivity index (χ3v) is 2.48. The van der Waals surface area contributed by atoms with Crippen molar-refractivity contribution in [2.45, 2.75) is 33.6 Å². The molecule has 4 heteroatoms. The van der Waals surface area contributed by atoms with Crippen LogP contribution in [0.2, 0.25) is 0 Å². The van der Waals surface area contributed by atoms with Crippen LogP contribution < -0.4 is 11.1 Å². The Morgan fingerprint density at radius 2 is 2.18 bits per heavy atom. The van der Waals surface area contributed by atoms with Crippen molar-refractivity contribution < 1.29 is 4.79 Å². The van der Waals surface area contributed by atoms with Crippen LogP contribution in [0.1, 0.15) is 42.7 Å². The summed E-state index contributed by atoms with van der Waals surface area (Å²) >= 11 is 0. The first kappa shape index (κ1) is 13.5. The van der Waals surface area contributed by atoms with Crippen molar-refractivity contribution in [1.29, 1.82) is 0 Å². The highest BCUT2D eigenvalue weighted by Gasteiger charge is 2.06. The first-order valence-electron chi connectivity index (χ1n) is 6.01. The Morgan fingerprint density at radius 1 is 1.47 bits per heavy atom. The summed E-state index contributed by atoms with van der Waals surface area (Å²) in [4.78, 5) is 15.8. The highest BCUT2D eigenvalue weighted by atomic mass is 16.1. The second kappa shape index (κ2) is 6.23. The summed E-state index contributed by atoms with van der Waals surface area (Å²) < 4.78 is 0. The molecule has 0 spiro atoms. The molecule has 94 valence electrons. The van der Waals surface area contributed by atoms with Crippen LogP contribution in [0.4, 0.5) is 5.82 Å². The number of rotatable bonds is 5. The van der Waals surface area contributed by atoms with Crippen LogP contribution in [0.15, 0.2) is 12.1 Å². The summed E-state index contributed by atoms with van der Waals surface area (Å²) in [6.07, 6.45) is 2.13. The topological polar surface area (TPSA) is 68.0 Å². The lowest BCUT2D eigenvalue weighted by molar-refractivity contribution is 0.0952. The number of aromatic nitrogens is 1. The van der Waals surface area contributed by atoms with E-state index < -0.39 is 0 Å². The SMILES string of the molecule is Cc1cc(C(=O)NCCCC(C)C)cc(N)n1. The molecule has 0 bridgehead atoms. The van der Waals surface area contributed by atoms with E-state index in [-0.39, 0.29) is 5.91 Å². The predicted octanol–water partition coefficient (Wildman–Crippen LogP) is 2.14. The number of aryl methyl sites for hydroxylation is 1. The van der Waals surface area contributed by atoms with Gasteiger partial charge in [0, 0.05) is 17.8 Å². The standard InChI is InChI=1S/C13H21N3O/c1-9(2)5-4-6-15-13(17)11-7-10(3)16-12(14)8-11/h7-9H,4-6H2,1-3H3,(H2,14,16)(H,15,17). The van der Waals surface area contributed by atoms with Gasteiger partial charge >= 0.3 is 0 Å². The van der Waals surface area contributed by atoms with Crippen molar-refractivity contribution >= 4 is 11.7 Å². The van der Waals surface area contributed by atoms with Gasteiger partial charge in [-0.3, -0.25) is 4.79 Å². The molecule has 1 amide bonds. The lowest BCUT2D eigenvalue weighted by Crippen LogP contribution is -2.25. The molecule has 0 atom stereocenters. The summed E-state index contributed by atoms with van der Waals surface area (Å²) in [5, 5.41) is 2.89. The van der Waals surface area contributed by atoms with Gasteiger partial charge in [0.2, 0.25) is 0 Å². The van der Waals surface area contributed by atoms with Crippen LogP contribution in [0, 0.1) is 12.8 Å². The minimum Gasteiger partial charge on any atom is -0.384 e. The average molecular weight is 235 g/mol. The van der Waals surface area contributed by atoms with Gasteiger partial charge in [-0.1, -0.05) is 13.8 Å². The van der Waals surface area contributed by atoms with E-state index in [1.807, 2.05) is 6.92 Å². The number of pyridine rings is 1. The molecule has 0 saturated carbocycles. The van der Waals surface area contributed by atoms with Gasteiger partial charge in [-0.15, -0.1) is 0 Å². The zero-order valence-electron chi connectivity index (χ0n) is 10.8. The van der Waals surface area contributed by atoms with E-state index in [2.05, 4.69) is 24.1 Å². The number of amides is 1. The number of nitrogens with one attached hydrogen (secondary N) is 1. The highest BCUT2D eigenvalue weighted by molar-refractivity contribution is 5.94. The monoisotopic (exact) mass is 235 g/mol. The molecule has 0 unspecified atom stereocenters. The molecule has 0 fully saturated rings. The van der Waals surface area contributed by atoms with Crippen molar-refractivity contribution in [3.05, 3.63) is 23.4 Å². The van der Waals surface area contributed by atoms with E-state index in [1.54, 1.807) is 12.1 Å². The number of anilines is 1. The molecule has 1 aromatic heterocycles. The Kier molecular flexibility index (Phi) is 4.94. The minimum absolute atomic E-state index is 0.0778. The zero-order chi connectivity index (χ0) is 12.8.